The van der Waals surface area contributed by atoms with Crippen LogP contribution in [0.4, 0.5) is 0 Å². The molecular weight excluding hydrogens is 484 g/mol. The Bertz CT molecular complexity index is 619. The topological polar surface area (TPSA) is 8.81 Å². The maximum atomic E-state index is 2.63. The van der Waals surface area contributed by atoms with E-state index in [0.29, 0.717) is 0 Å². The lowest BCUT2D eigenvalue weighted by Crippen LogP contribution is -2.37. The van der Waals surface area contributed by atoms with E-state index >= 15 is 0 Å². The standard InChI is InChI=1S/C38H75N2/c1-4-7-10-13-16-18-19-20-21-22-23-26-29-32-35-40-37-36-39(34-31-28-25-15-12-9-6-3)38(40)33-30-27-24-17-14-11-8-5-2/h36-37H,4-35H2,1-3H3/q+1. The van der Waals surface area contributed by atoms with Crippen LogP contribution in [0.2, 0.25) is 0 Å². The second kappa shape index (κ2) is 29.7. The minimum atomic E-state index is 1.23. The van der Waals surface area contributed by atoms with Crippen LogP contribution in [0.15, 0.2) is 12.4 Å². The molecule has 0 bridgehead atoms. The monoisotopic (exact) mass is 560 g/mol. The van der Waals surface area contributed by atoms with Crippen molar-refractivity contribution in [3.8, 4) is 0 Å². The summed E-state index contributed by atoms with van der Waals surface area (Å²) < 4.78 is 5.25. The molecule has 0 saturated heterocycles. The third-order valence-corrected chi connectivity index (χ3v) is 9.10. The zero-order valence-electron chi connectivity index (χ0n) is 28.2. The van der Waals surface area contributed by atoms with Crippen molar-refractivity contribution in [2.24, 2.45) is 0 Å². The van der Waals surface area contributed by atoms with E-state index in [1.165, 1.54) is 206 Å². The zero-order valence-corrected chi connectivity index (χ0v) is 28.2. The van der Waals surface area contributed by atoms with Gasteiger partial charge in [0.25, 0.3) is 5.82 Å². The van der Waals surface area contributed by atoms with Gasteiger partial charge in [0.05, 0.1) is 13.1 Å². The summed E-state index contributed by atoms with van der Waals surface area (Å²) in [4.78, 5) is 0. The summed E-state index contributed by atoms with van der Waals surface area (Å²) in [5.74, 6) is 1.62. The van der Waals surface area contributed by atoms with Gasteiger partial charge in [-0.15, -0.1) is 0 Å². The summed E-state index contributed by atoms with van der Waals surface area (Å²) in [6.45, 7) is 9.40. The van der Waals surface area contributed by atoms with Crippen LogP contribution in [0.1, 0.15) is 213 Å². The second-order valence-corrected chi connectivity index (χ2v) is 13.0. The Labute approximate surface area is 253 Å². The molecule has 0 aliphatic rings. The van der Waals surface area contributed by atoms with Gasteiger partial charge in [0.1, 0.15) is 12.4 Å². The van der Waals surface area contributed by atoms with Gasteiger partial charge in [0.15, 0.2) is 0 Å². The van der Waals surface area contributed by atoms with Gasteiger partial charge in [-0.05, 0) is 32.1 Å². The van der Waals surface area contributed by atoms with Crippen LogP contribution < -0.4 is 4.57 Å². The van der Waals surface area contributed by atoms with E-state index in [0.717, 1.165) is 0 Å². The van der Waals surface area contributed by atoms with E-state index in [1.807, 2.05) is 0 Å². The first kappa shape index (κ1) is 37.2. The van der Waals surface area contributed by atoms with E-state index in [-0.39, 0.29) is 0 Å². The van der Waals surface area contributed by atoms with Crippen molar-refractivity contribution in [1.29, 1.82) is 0 Å². The molecule has 1 rings (SSSR count). The number of imidazole rings is 1. The molecule has 0 radical (unpaired) electrons. The van der Waals surface area contributed by atoms with Crippen molar-refractivity contribution < 1.29 is 4.57 Å². The fourth-order valence-corrected chi connectivity index (χ4v) is 6.33. The number of hydrogen-bond donors (Lipinski definition) is 0. The lowest BCUT2D eigenvalue weighted by Gasteiger charge is -2.07. The van der Waals surface area contributed by atoms with Crippen molar-refractivity contribution in [1.82, 2.24) is 4.57 Å². The smallest absolute Gasteiger partial charge is 0.234 e. The van der Waals surface area contributed by atoms with Crippen molar-refractivity contribution in [3.05, 3.63) is 18.2 Å². The van der Waals surface area contributed by atoms with Gasteiger partial charge in [-0.1, -0.05) is 175 Å². The largest absolute Gasteiger partial charge is 0.256 e. The Morgan fingerprint density at radius 3 is 1.20 bits per heavy atom. The highest BCUT2D eigenvalue weighted by Crippen LogP contribution is 2.15. The van der Waals surface area contributed by atoms with E-state index in [9.17, 15) is 0 Å². The number of nitrogens with zero attached hydrogens (tertiary/aromatic N) is 2. The summed E-state index contributed by atoms with van der Waals surface area (Å²) in [5, 5.41) is 0. The van der Waals surface area contributed by atoms with Crippen molar-refractivity contribution in [2.75, 3.05) is 0 Å². The molecule has 0 aliphatic carbocycles. The molecule has 0 atom stereocenters. The molecule has 0 saturated carbocycles. The molecule has 0 unspecified atom stereocenters. The zero-order chi connectivity index (χ0) is 28.8. The highest BCUT2D eigenvalue weighted by atomic mass is 15.1. The summed E-state index contributed by atoms with van der Waals surface area (Å²) in [5.41, 5.74) is 0. The Morgan fingerprint density at radius 2 is 0.775 bits per heavy atom. The van der Waals surface area contributed by atoms with Crippen LogP contribution in [-0.4, -0.2) is 4.57 Å². The molecule has 40 heavy (non-hydrogen) atoms. The maximum absolute atomic E-state index is 2.63. The molecule has 0 amide bonds. The molecule has 0 spiro atoms. The Balaban J connectivity index is 2.26. The number of aryl methyl sites for hydroxylation is 2. The van der Waals surface area contributed by atoms with Gasteiger partial charge in [0.2, 0.25) is 0 Å². The molecule has 0 N–H and O–H groups in total. The molecule has 2 heteroatoms. The summed E-state index contributed by atoms with van der Waals surface area (Å²) in [6, 6.07) is 0. The van der Waals surface area contributed by atoms with Crippen LogP contribution in [0.25, 0.3) is 0 Å². The van der Waals surface area contributed by atoms with Gasteiger partial charge in [-0.3, -0.25) is 0 Å². The van der Waals surface area contributed by atoms with Crippen LogP contribution in [0.3, 0.4) is 0 Å². The quantitative estimate of drug-likeness (QED) is 0.0613. The van der Waals surface area contributed by atoms with E-state index in [2.05, 4.69) is 42.3 Å². The first-order valence-electron chi connectivity index (χ1n) is 18.9. The highest BCUT2D eigenvalue weighted by molar-refractivity contribution is 4.84. The van der Waals surface area contributed by atoms with Crippen LogP contribution in [0.5, 0.6) is 0 Å². The summed E-state index contributed by atoms with van der Waals surface area (Å²) in [6.07, 6.45) is 47.4. The Morgan fingerprint density at radius 1 is 0.425 bits per heavy atom. The number of rotatable bonds is 32. The first-order valence-corrected chi connectivity index (χ1v) is 18.9. The van der Waals surface area contributed by atoms with Crippen LogP contribution in [-0.2, 0) is 19.5 Å². The average Bonchev–Trinajstić information content (AvgIpc) is 3.35. The average molecular weight is 560 g/mol. The van der Waals surface area contributed by atoms with Gasteiger partial charge in [-0.2, -0.15) is 0 Å². The summed E-state index contributed by atoms with van der Waals surface area (Å²) in [7, 11) is 0. The van der Waals surface area contributed by atoms with Gasteiger partial charge in [-0.25, -0.2) is 9.13 Å². The molecule has 1 heterocycles. The fraction of sp³-hybridized carbons (Fsp3) is 0.921. The minimum absolute atomic E-state index is 1.23. The summed E-state index contributed by atoms with van der Waals surface area (Å²) >= 11 is 0. The minimum Gasteiger partial charge on any atom is -0.234 e. The number of unbranched alkanes of at least 4 members (excludes halogenated alkanes) is 26. The van der Waals surface area contributed by atoms with Gasteiger partial charge < -0.3 is 0 Å². The number of aromatic nitrogens is 2. The molecule has 0 fully saturated rings. The first-order chi connectivity index (χ1) is 19.8. The third-order valence-electron chi connectivity index (χ3n) is 9.10. The van der Waals surface area contributed by atoms with E-state index < -0.39 is 0 Å². The molecule has 0 aliphatic heterocycles. The van der Waals surface area contributed by atoms with Crippen LogP contribution >= 0.6 is 0 Å². The third kappa shape index (κ3) is 21.9. The van der Waals surface area contributed by atoms with Crippen LogP contribution in [0, 0.1) is 0 Å². The van der Waals surface area contributed by atoms with E-state index in [1.54, 1.807) is 5.82 Å². The molecule has 0 aromatic carbocycles. The van der Waals surface area contributed by atoms with Gasteiger partial charge in [0, 0.05) is 6.42 Å². The van der Waals surface area contributed by atoms with Crippen molar-refractivity contribution in [3.63, 3.8) is 0 Å². The highest BCUT2D eigenvalue weighted by Gasteiger charge is 2.16. The lowest BCUT2D eigenvalue weighted by molar-refractivity contribution is -0.704. The predicted octanol–water partition coefficient (Wildman–Crippen LogP) is 12.7. The molecule has 2 nitrogen and oxygen atoms in total. The lowest BCUT2D eigenvalue weighted by atomic mass is 10.0. The molecule has 1 aromatic rings. The van der Waals surface area contributed by atoms with Crippen molar-refractivity contribution >= 4 is 0 Å². The molecule has 236 valence electrons. The predicted molar refractivity (Wildman–Crippen MR) is 179 cm³/mol. The Hall–Kier alpha value is -0.790. The molecular formula is C38H75N2+. The second-order valence-electron chi connectivity index (χ2n) is 13.0. The van der Waals surface area contributed by atoms with Crippen molar-refractivity contribution in [2.45, 2.75) is 226 Å². The Kier molecular flexibility index (Phi) is 27.6. The normalized spacial score (nSPS) is 11.6. The maximum Gasteiger partial charge on any atom is 0.256 e. The molecule has 1 aromatic heterocycles. The van der Waals surface area contributed by atoms with E-state index in [4.69, 9.17) is 0 Å². The van der Waals surface area contributed by atoms with Gasteiger partial charge >= 0.3 is 0 Å². The number of hydrogen-bond acceptors (Lipinski definition) is 0. The SMILES string of the molecule is CCCCCCCCCCCCCCCCn1cc[n+](CCCCCCCCC)c1CCCCCCCCCC. The fourth-order valence-electron chi connectivity index (χ4n) is 6.33.